The van der Waals surface area contributed by atoms with Crippen molar-refractivity contribution in [3.63, 3.8) is 0 Å². The Kier molecular flexibility index (Phi) is 8.42. The van der Waals surface area contributed by atoms with Crippen molar-refractivity contribution >= 4 is 29.0 Å². The first-order chi connectivity index (χ1) is 13.5. The fourth-order valence-electron chi connectivity index (χ4n) is 2.29. The van der Waals surface area contributed by atoms with Crippen molar-refractivity contribution in [2.24, 2.45) is 5.92 Å². The van der Waals surface area contributed by atoms with Crippen LogP contribution in [0.25, 0.3) is 0 Å². The second kappa shape index (κ2) is 11.0. The summed E-state index contributed by atoms with van der Waals surface area (Å²) < 4.78 is 5.43. The van der Waals surface area contributed by atoms with Crippen LogP contribution in [0.3, 0.4) is 0 Å². The zero-order chi connectivity index (χ0) is 20.4. The molecule has 0 spiro atoms. The quantitative estimate of drug-likeness (QED) is 0.360. The van der Waals surface area contributed by atoms with E-state index < -0.39 is 0 Å². The third kappa shape index (κ3) is 7.36. The van der Waals surface area contributed by atoms with Crippen molar-refractivity contribution in [3.05, 3.63) is 65.7 Å². The van der Waals surface area contributed by atoms with Gasteiger partial charge in [-0.15, -0.1) is 0 Å². The van der Waals surface area contributed by atoms with Crippen molar-refractivity contribution in [2.45, 2.75) is 20.3 Å². The Morgan fingerprint density at radius 1 is 0.964 bits per heavy atom. The van der Waals surface area contributed by atoms with Crippen molar-refractivity contribution in [1.29, 1.82) is 0 Å². The first-order valence-electron chi connectivity index (χ1n) is 9.11. The van der Waals surface area contributed by atoms with E-state index in [4.69, 9.17) is 17.0 Å². The molecule has 1 amide bonds. The van der Waals surface area contributed by atoms with Gasteiger partial charge in [-0.1, -0.05) is 44.2 Å². The number of benzene rings is 2. The van der Waals surface area contributed by atoms with Gasteiger partial charge in [0.1, 0.15) is 5.75 Å². The lowest BCUT2D eigenvalue weighted by molar-refractivity contribution is -0.123. The fourth-order valence-corrected chi connectivity index (χ4v) is 2.44. The second-order valence-corrected chi connectivity index (χ2v) is 7.03. The van der Waals surface area contributed by atoms with Crippen molar-refractivity contribution in [3.8, 4) is 5.75 Å². The minimum Gasteiger partial charge on any atom is -0.484 e. The molecule has 0 radical (unpaired) electrons. The number of ketones is 1. The molecule has 7 heteroatoms. The molecule has 0 fully saturated rings. The molecule has 0 aliphatic heterocycles. The lowest BCUT2D eigenvalue weighted by Crippen LogP contribution is -2.48. The Hall–Kier alpha value is -2.93. The van der Waals surface area contributed by atoms with Gasteiger partial charge in [0.05, 0.1) is 0 Å². The molecule has 0 aliphatic rings. The van der Waals surface area contributed by atoms with Gasteiger partial charge in [-0.3, -0.25) is 20.4 Å². The number of carbonyl (C=O) groups excluding carboxylic acids is 2. The van der Waals surface area contributed by atoms with Crippen LogP contribution in [0.5, 0.6) is 5.75 Å². The van der Waals surface area contributed by atoms with Gasteiger partial charge in [-0.25, -0.2) is 0 Å². The van der Waals surface area contributed by atoms with Crippen LogP contribution in [-0.4, -0.2) is 30.0 Å². The first kappa shape index (κ1) is 21.4. The van der Waals surface area contributed by atoms with E-state index in [1.807, 2.05) is 18.2 Å². The summed E-state index contributed by atoms with van der Waals surface area (Å²) in [6.07, 6.45) is 0.988. The van der Waals surface area contributed by atoms with Crippen molar-refractivity contribution in [2.75, 3.05) is 13.2 Å². The van der Waals surface area contributed by atoms with Crippen molar-refractivity contribution < 1.29 is 14.3 Å². The molecule has 0 saturated heterocycles. The van der Waals surface area contributed by atoms with E-state index in [-0.39, 0.29) is 18.3 Å². The number of rotatable bonds is 8. The summed E-state index contributed by atoms with van der Waals surface area (Å²) >= 11 is 5.07. The molecule has 6 nitrogen and oxygen atoms in total. The van der Waals surface area contributed by atoms with Crippen LogP contribution < -0.4 is 20.9 Å². The molecule has 28 heavy (non-hydrogen) atoms. The van der Waals surface area contributed by atoms with Gasteiger partial charge in [0.2, 0.25) is 0 Å². The Morgan fingerprint density at radius 3 is 2.25 bits per heavy atom. The zero-order valence-corrected chi connectivity index (χ0v) is 16.8. The second-order valence-electron chi connectivity index (χ2n) is 6.62. The highest BCUT2D eigenvalue weighted by Gasteiger charge is 2.09. The number of hydrazine groups is 1. The summed E-state index contributed by atoms with van der Waals surface area (Å²) in [5.41, 5.74) is 6.28. The van der Waals surface area contributed by atoms with Crippen LogP contribution in [0.15, 0.2) is 54.6 Å². The van der Waals surface area contributed by atoms with Crippen LogP contribution >= 0.6 is 12.2 Å². The van der Waals surface area contributed by atoms with E-state index in [2.05, 4.69) is 30.0 Å². The number of hydrogen-bond donors (Lipinski definition) is 3. The van der Waals surface area contributed by atoms with E-state index in [1.165, 1.54) is 0 Å². The summed E-state index contributed by atoms with van der Waals surface area (Å²) in [6.45, 7) is 4.82. The normalized spacial score (nSPS) is 10.2. The third-order valence-corrected chi connectivity index (χ3v) is 4.09. The molecule has 2 aromatic carbocycles. The molecule has 148 valence electrons. The molecule has 0 heterocycles. The van der Waals surface area contributed by atoms with Crippen LogP contribution in [-0.2, 0) is 4.79 Å². The van der Waals surface area contributed by atoms with Crippen LogP contribution in [0, 0.1) is 5.92 Å². The molecular weight excluding hydrogens is 374 g/mol. The molecule has 0 aromatic heterocycles. The molecule has 0 atom stereocenters. The highest BCUT2D eigenvalue weighted by Crippen LogP contribution is 2.15. The number of nitrogens with one attached hydrogen (secondary N) is 3. The fraction of sp³-hybridized carbons (Fsp3) is 0.286. The van der Waals surface area contributed by atoms with Gasteiger partial charge in [0.15, 0.2) is 17.5 Å². The molecule has 0 unspecified atom stereocenters. The molecule has 2 aromatic rings. The lowest BCUT2D eigenvalue weighted by atomic mass is 10.0. The van der Waals surface area contributed by atoms with Crippen LogP contribution in [0.2, 0.25) is 0 Å². The molecule has 0 aliphatic carbocycles. The monoisotopic (exact) mass is 399 g/mol. The standard InChI is InChI=1S/C21H25N3O3S/c1-15(2)12-13-22-21(28)24-23-19(25)14-27-18-10-8-17(9-11-18)20(26)16-6-4-3-5-7-16/h3-11,15H,12-14H2,1-2H3,(H,23,25)(H2,22,24,28). The molecule has 3 N–H and O–H groups in total. The minimum absolute atomic E-state index is 0.0624. The van der Waals surface area contributed by atoms with Gasteiger partial charge < -0.3 is 10.1 Å². The Bertz CT molecular complexity index is 792. The minimum atomic E-state index is -0.363. The summed E-state index contributed by atoms with van der Waals surface area (Å²) in [6, 6.07) is 15.7. The van der Waals surface area contributed by atoms with Gasteiger partial charge in [-0.2, -0.15) is 0 Å². The predicted molar refractivity (Wildman–Crippen MR) is 113 cm³/mol. The number of carbonyl (C=O) groups is 2. The zero-order valence-electron chi connectivity index (χ0n) is 16.0. The van der Waals surface area contributed by atoms with Gasteiger partial charge in [0.25, 0.3) is 5.91 Å². The van der Waals surface area contributed by atoms with Gasteiger partial charge in [0, 0.05) is 17.7 Å². The number of amides is 1. The smallest absolute Gasteiger partial charge is 0.276 e. The van der Waals surface area contributed by atoms with E-state index in [0.717, 1.165) is 13.0 Å². The number of ether oxygens (including phenoxy) is 1. The molecule has 0 bridgehead atoms. The summed E-state index contributed by atoms with van der Waals surface area (Å²) in [4.78, 5) is 24.2. The highest BCUT2D eigenvalue weighted by atomic mass is 32.1. The van der Waals surface area contributed by atoms with Crippen LogP contribution in [0.1, 0.15) is 36.2 Å². The number of thiocarbonyl (C=S) groups is 1. The maximum atomic E-state index is 12.4. The molecule has 0 saturated carbocycles. The topological polar surface area (TPSA) is 79.5 Å². The first-order valence-corrected chi connectivity index (χ1v) is 9.52. The maximum Gasteiger partial charge on any atom is 0.276 e. The Labute approximate surface area is 170 Å². The summed E-state index contributed by atoms with van der Waals surface area (Å²) in [5.74, 6) is 0.648. The van der Waals surface area contributed by atoms with Gasteiger partial charge >= 0.3 is 0 Å². The summed E-state index contributed by atoms with van der Waals surface area (Å²) in [5, 5.41) is 3.37. The highest BCUT2D eigenvalue weighted by molar-refractivity contribution is 7.80. The van der Waals surface area contributed by atoms with Gasteiger partial charge in [-0.05, 0) is 48.8 Å². The number of hydrogen-bond acceptors (Lipinski definition) is 4. The van der Waals surface area contributed by atoms with E-state index >= 15 is 0 Å². The van der Waals surface area contributed by atoms with E-state index in [0.29, 0.717) is 27.9 Å². The lowest BCUT2D eigenvalue weighted by Gasteiger charge is -2.13. The predicted octanol–water partition coefficient (Wildman–Crippen LogP) is 2.84. The van der Waals surface area contributed by atoms with Crippen molar-refractivity contribution in [1.82, 2.24) is 16.2 Å². The average Bonchev–Trinajstić information content (AvgIpc) is 2.71. The summed E-state index contributed by atoms with van der Waals surface area (Å²) in [7, 11) is 0. The Morgan fingerprint density at radius 2 is 1.61 bits per heavy atom. The van der Waals surface area contributed by atoms with E-state index in [9.17, 15) is 9.59 Å². The third-order valence-electron chi connectivity index (χ3n) is 3.85. The maximum absolute atomic E-state index is 12.4. The Balaban J connectivity index is 1.73. The molecule has 2 rings (SSSR count). The molecular formula is C21H25N3O3S. The van der Waals surface area contributed by atoms with Crippen LogP contribution in [0.4, 0.5) is 0 Å². The SMILES string of the molecule is CC(C)CCNC(=S)NNC(=O)COc1ccc(C(=O)c2ccccc2)cc1. The van der Waals surface area contributed by atoms with E-state index in [1.54, 1.807) is 36.4 Å². The largest absolute Gasteiger partial charge is 0.484 e. The average molecular weight is 400 g/mol.